The number of allylic oxidation sites excluding steroid dienone is 4. The van der Waals surface area contributed by atoms with E-state index in [4.69, 9.17) is 0 Å². The van der Waals surface area contributed by atoms with E-state index in [9.17, 15) is 0 Å². The fourth-order valence-corrected chi connectivity index (χ4v) is 5.15. The molecule has 4 atom stereocenters. The maximum Gasteiger partial charge on any atom is -0.00776 e. The van der Waals surface area contributed by atoms with Crippen LogP contribution in [0.4, 0.5) is 0 Å². The number of rotatable bonds is 0. The normalized spacial score (nSPS) is 56.0. The van der Waals surface area contributed by atoms with E-state index in [1.165, 1.54) is 25.7 Å². The first-order valence-corrected chi connectivity index (χ1v) is 6.24. The third kappa shape index (κ3) is 0.495. The molecule has 0 aromatic carbocycles. The summed E-state index contributed by atoms with van der Waals surface area (Å²) in [7, 11) is 0. The molecule has 5 aliphatic carbocycles. The Hall–Kier alpha value is -0.520. The van der Waals surface area contributed by atoms with Crippen molar-refractivity contribution < 1.29 is 0 Å². The first kappa shape index (κ1) is 6.87. The quantitative estimate of drug-likeness (QED) is 0.507. The van der Waals surface area contributed by atoms with Crippen molar-refractivity contribution in [3.63, 3.8) is 0 Å². The average molecular weight is 184 g/mol. The number of fused-ring (bicyclic) bond motifs is 4. The highest BCUT2D eigenvalue weighted by molar-refractivity contribution is 5.38. The Labute approximate surface area is 85.1 Å². The van der Waals surface area contributed by atoms with Crippen molar-refractivity contribution >= 4 is 0 Å². The van der Waals surface area contributed by atoms with Crippen LogP contribution < -0.4 is 0 Å². The summed E-state index contributed by atoms with van der Waals surface area (Å²) < 4.78 is 0. The Morgan fingerprint density at radius 1 is 0.857 bits per heavy atom. The lowest BCUT2D eigenvalue weighted by Gasteiger charge is -2.26. The molecule has 2 spiro atoms. The summed E-state index contributed by atoms with van der Waals surface area (Å²) in [5.41, 5.74) is 1.51. The van der Waals surface area contributed by atoms with Crippen LogP contribution >= 0.6 is 0 Å². The van der Waals surface area contributed by atoms with Gasteiger partial charge < -0.3 is 0 Å². The van der Waals surface area contributed by atoms with Gasteiger partial charge in [0.15, 0.2) is 0 Å². The summed E-state index contributed by atoms with van der Waals surface area (Å²) in [6.45, 7) is 0. The molecule has 3 fully saturated rings. The van der Waals surface area contributed by atoms with Gasteiger partial charge in [-0.15, -0.1) is 0 Å². The van der Waals surface area contributed by atoms with Gasteiger partial charge in [-0.2, -0.15) is 0 Å². The topological polar surface area (TPSA) is 0 Å². The first-order chi connectivity index (χ1) is 6.86. The Balaban J connectivity index is 1.72. The van der Waals surface area contributed by atoms with Crippen LogP contribution in [-0.4, -0.2) is 0 Å². The lowest BCUT2D eigenvalue weighted by molar-refractivity contribution is 0.277. The summed E-state index contributed by atoms with van der Waals surface area (Å²) in [4.78, 5) is 0. The van der Waals surface area contributed by atoms with Crippen molar-refractivity contribution in [3.05, 3.63) is 24.3 Å². The van der Waals surface area contributed by atoms with Crippen molar-refractivity contribution in [2.45, 2.75) is 25.7 Å². The minimum absolute atomic E-state index is 0.713. The Morgan fingerprint density at radius 3 is 2.36 bits per heavy atom. The largest absolute Gasteiger partial charge is 0.0842 e. The van der Waals surface area contributed by atoms with E-state index >= 15 is 0 Å². The third-order valence-corrected chi connectivity index (χ3v) is 6.04. The van der Waals surface area contributed by atoms with E-state index < -0.39 is 0 Å². The van der Waals surface area contributed by atoms with Crippen LogP contribution in [0.3, 0.4) is 0 Å². The Kier molecular flexibility index (Phi) is 0.815. The van der Waals surface area contributed by atoms with Gasteiger partial charge >= 0.3 is 0 Å². The maximum atomic E-state index is 2.59. The molecule has 0 N–H and O–H groups in total. The second kappa shape index (κ2) is 1.66. The van der Waals surface area contributed by atoms with Gasteiger partial charge in [0.05, 0.1) is 0 Å². The van der Waals surface area contributed by atoms with E-state index in [1.807, 2.05) is 0 Å². The SMILES string of the molecule is C1=CC2(CC2)[C@H]2[C@H]1[C@@H]1C=C[C@@H]2C12CC2. The molecule has 0 radical (unpaired) electrons. The summed E-state index contributed by atoms with van der Waals surface area (Å²) >= 11 is 0. The highest BCUT2D eigenvalue weighted by Crippen LogP contribution is 2.79. The highest BCUT2D eigenvalue weighted by atomic mass is 14.8. The zero-order valence-electron chi connectivity index (χ0n) is 8.45. The van der Waals surface area contributed by atoms with Gasteiger partial charge in [0.1, 0.15) is 0 Å². The number of hydrogen-bond donors (Lipinski definition) is 0. The lowest BCUT2D eigenvalue weighted by Crippen LogP contribution is -2.21. The van der Waals surface area contributed by atoms with Gasteiger partial charge in [-0.1, -0.05) is 24.3 Å². The first-order valence-electron chi connectivity index (χ1n) is 6.24. The monoisotopic (exact) mass is 184 g/mol. The molecule has 5 rings (SSSR count). The Bertz CT molecular complexity index is 379. The Morgan fingerprint density at radius 2 is 1.64 bits per heavy atom. The minimum Gasteiger partial charge on any atom is -0.0842 e. The molecule has 0 amide bonds. The molecule has 3 saturated carbocycles. The van der Waals surface area contributed by atoms with E-state index in [1.54, 1.807) is 0 Å². The summed E-state index contributed by atoms with van der Waals surface area (Å²) in [6, 6.07) is 0. The maximum absolute atomic E-state index is 2.59. The summed E-state index contributed by atoms with van der Waals surface area (Å²) in [5.74, 6) is 3.93. The van der Waals surface area contributed by atoms with Gasteiger partial charge in [-0.05, 0) is 60.2 Å². The molecule has 0 unspecified atom stereocenters. The van der Waals surface area contributed by atoms with Gasteiger partial charge in [0.25, 0.3) is 0 Å². The van der Waals surface area contributed by atoms with Gasteiger partial charge in [0.2, 0.25) is 0 Å². The summed E-state index contributed by atoms with van der Waals surface area (Å²) in [5, 5.41) is 0. The molecule has 0 nitrogen and oxygen atoms in total. The lowest BCUT2D eigenvalue weighted by atomic mass is 9.78. The van der Waals surface area contributed by atoms with Crippen molar-refractivity contribution in [2.75, 3.05) is 0 Å². The average Bonchev–Trinajstić information content (AvgIpc) is 3.02. The van der Waals surface area contributed by atoms with Crippen molar-refractivity contribution in [3.8, 4) is 0 Å². The molecular weight excluding hydrogens is 168 g/mol. The number of hydrogen-bond acceptors (Lipinski definition) is 0. The smallest absolute Gasteiger partial charge is 0.00776 e. The van der Waals surface area contributed by atoms with Crippen LogP contribution in [0.1, 0.15) is 25.7 Å². The van der Waals surface area contributed by atoms with Crippen molar-refractivity contribution in [1.29, 1.82) is 0 Å². The molecule has 0 saturated heterocycles. The van der Waals surface area contributed by atoms with Crippen molar-refractivity contribution in [1.82, 2.24) is 0 Å². The van der Waals surface area contributed by atoms with Crippen LogP contribution in [-0.2, 0) is 0 Å². The zero-order chi connectivity index (χ0) is 8.97. The van der Waals surface area contributed by atoms with Gasteiger partial charge in [-0.25, -0.2) is 0 Å². The second-order valence-electron chi connectivity index (χ2n) is 6.37. The molecule has 72 valence electrons. The second-order valence-corrected chi connectivity index (χ2v) is 6.37. The zero-order valence-corrected chi connectivity index (χ0v) is 8.45. The van der Waals surface area contributed by atoms with Crippen molar-refractivity contribution in [2.24, 2.45) is 34.5 Å². The molecular formula is C14H16. The van der Waals surface area contributed by atoms with Crippen LogP contribution in [0.15, 0.2) is 24.3 Å². The fourth-order valence-electron chi connectivity index (χ4n) is 5.15. The standard InChI is InChI=1S/C14H16/c1-2-11-12-9(3-4-13(12)5-6-13)10(1)14(11)7-8-14/h1-4,9-12H,5-8H2/t9-,10+,11+,12+/m1/s1. The van der Waals surface area contributed by atoms with Crippen LogP contribution in [0.5, 0.6) is 0 Å². The van der Waals surface area contributed by atoms with E-state index in [2.05, 4.69) is 24.3 Å². The molecule has 2 bridgehead atoms. The van der Waals surface area contributed by atoms with Gasteiger partial charge in [-0.3, -0.25) is 0 Å². The van der Waals surface area contributed by atoms with Crippen LogP contribution in [0, 0.1) is 34.5 Å². The molecule has 0 aliphatic heterocycles. The van der Waals surface area contributed by atoms with E-state index in [-0.39, 0.29) is 0 Å². The molecule has 0 aromatic rings. The predicted molar refractivity (Wildman–Crippen MR) is 55.6 cm³/mol. The molecule has 5 aliphatic rings. The molecule has 0 heterocycles. The highest BCUT2D eigenvalue weighted by Gasteiger charge is 2.72. The fraction of sp³-hybridized carbons (Fsp3) is 0.714. The van der Waals surface area contributed by atoms with Crippen LogP contribution in [0.2, 0.25) is 0 Å². The molecule has 14 heavy (non-hydrogen) atoms. The molecule has 0 aromatic heterocycles. The summed E-state index contributed by atoms with van der Waals surface area (Å²) in [6.07, 6.45) is 16.4. The van der Waals surface area contributed by atoms with E-state index in [0.717, 1.165) is 29.1 Å². The van der Waals surface area contributed by atoms with Gasteiger partial charge in [0, 0.05) is 0 Å². The predicted octanol–water partition coefficient (Wildman–Crippen LogP) is 3.16. The third-order valence-electron chi connectivity index (χ3n) is 6.04. The molecule has 0 heteroatoms. The van der Waals surface area contributed by atoms with Crippen LogP contribution in [0.25, 0.3) is 0 Å². The minimum atomic E-state index is 0.713. The van der Waals surface area contributed by atoms with E-state index in [0.29, 0.717) is 5.41 Å².